The van der Waals surface area contributed by atoms with E-state index < -0.39 is 5.95 Å². The van der Waals surface area contributed by atoms with Gasteiger partial charge in [0.15, 0.2) is 0 Å². The molecule has 1 aromatic heterocycles. The average molecular weight is 197 g/mol. The van der Waals surface area contributed by atoms with Gasteiger partial charge in [-0.3, -0.25) is 0 Å². The molecule has 0 aromatic carbocycles. The number of hydrogen-bond donors (Lipinski definition) is 0. The Labute approximate surface area is 81.7 Å². The Balaban J connectivity index is 2.09. The number of methoxy groups -OCH3 is 1. The topological polar surface area (TPSA) is 38.2 Å². The molecule has 1 fully saturated rings. The second-order valence-electron chi connectivity index (χ2n) is 3.29. The molecule has 2 heterocycles. The maximum atomic E-state index is 12.8. The molecule has 0 radical (unpaired) electrons. The summed E-state index contributed by atoms with van der Waals surface area (Å²) in [4.78, 5) is 9.42. The molecule has 1 aromatic rings. The quantitative estimate of drug-likeness (QED) is 0.658. The van der Waals surface area contributed by atoms with Gasteiger partial charge in [0.25, 0.3) is 0 Å². The Kier molecular flexibility index (Phi) is 2.58. The van der Waals surface area contributed by atoms with Crippen LogP contribution in [0.25, 0.3) is 0 Å². The molecule has 0 N–H and O–H groups in total. The second-order valence-corrected chi connectivity index (χ2v) is 3.29. The summed E-state index contributed by atoms with van der Waals surface area (Å²) >= 11 is 0. The summed E-state index contributed by atoms with van der Waals surface area (Å²) in [6.45, 7) is 1.63. The Morgan fingerprint density at radius 3 is 3.07 bits per heavy atom. The molecular weight excluding hydrogens is 185 g/mol. The minimum absolute atomic E-state index is 0.230. The normalized spacial score (nSPS) is 21.6. The third-order valence-corrected chi connectivity index (χ3v) is 2.42. The van der Waals surface area contributed by atoms with Crippen molar-refractivity contribution in [2.24, 2.45) is 0 Å². The molecule has 14 heavy (non-hydrogen) atoms. The van der Waals surface area contributed by atoms with Gasteiger partial charge in [-0.2, -0.15) is 4.39 Å². The maximum Gasteiger partial charge on any atom is 0.218 e. The summed E-state index contributed by atoms with van der Waals surface area (Å²) in [5.41, 5.74) is 0. The van der Waals surface area contributed by atoms with Crippen LogP contribution in [0.5, 0.6) is 0 Å². The molecule has 2 rings (SSSR count). The second kappa shape index (κ2) is 3.88. The molecular formula is C9H12FN3O. The zero-order valence-electron chi connectivity index (χ0n) is 7.98. The number of anilines is 1. The van der Waals surface area contributed by atoms with E-state index in [0.717, 1.165) is 19.5 Å². The summed E-state index contributed by atoms with van der Waals surface area (Å²) in [6, 6.07) is 1.35. The molecule has 5 heteroatoms. The van der Waals surface area contributed by atoms with Crippen molar-refractivity contribution in [2.45, 2.75) is 12.5 Å². The van der Waals surface area contributed by atoms with Crippen LogP contribution in [0, 0.1) is 5.95 Å². The molecule has 76 valence electrons. The van der Waals surface area contributed by atoms with Gasteiger partial charge in [0, 0.05) is 26.3 Å². The number of hydrogen-bond acceptors (Lipinski definition) is 4. The fourth-order valence-corrected chi connectivity index (χ4v) is 1.63. The fraction of sp³-hybridized carbons (Fsp3) is 0.556. The first kappa shape index (κ1) is 9.33. The Morgan fingerprint density at radius 2 is 2.43 bits per heavy atom. The Bertz CT molecular complexity index is 321. The summed E-state index contributed by atoms with van der Waals surface area (Å²) in [6.07, 6.45) is 2.43. The predicted molar refractivity (Wildman–Crippen MR) is 49.6 cm³/mol. The molecule has 1 unspecified atom stereocenters. The standard InChI is InChI=1S/C9H12FN3O/c1-14-7-2-3-13(5-7)9-4-8(10)11-6-12-9/h4,6-7H,2-3,5H2,1H3. The monoisotopic (exact) mass is 197 g/mol. The van der Waals surface area contributed by atoms with Gasteiger partial charge in [0.1, 0.15) is 12.1 Å². The minimum Gasteiger partial charge on any atom is -0.380 e. The summed E-state index contributed by atoms with van der Waals surface area (Å²) in [5.74, 6) is 0.146. The first-order valence-electron chi connectivity index (χ1n) is 4.55. The molecule has 0 bridgehead atoms. The van der Waals surface area contributed by atoms with Gasteiger partial charge in [-0.15, -0.1) is 0 Å². The van der Waals surface area contributed by atoms with E-state index in [2.05, 4.69) is 9.97 Å². The minimum atomic E-state index is -0.490. The van der Waals surface area contributed by atoms with Gasteiger partial charge < -0.3 is 9.64 Å². The highest BCUT2D eigenvalue weighted by molar-refractivity contribution is 5.38. The van der Waals surface area contributed by atoms with E-state index >= 15 is 0 Å². The van der Waals surface area contributed by atoms with Crippen LogP contribution in [0.3, 0.4) is 0 Å². The van der Waals surface area contributed by atoms with E-state index in [4.69, 9.17) is 4.74 Å². The lowest BCUT2D eigenvalue weighted by Crippen LogP contribution is -2.23. The lowest BCUT2D eigenvalue weighted by molar-refractivity contribution is 0.121. The van der Waals surface area contributed by atoms with Crippen molar-refractivity contribution >= 4 is 5.82 Å². The highest BCUT2D eigenvalue weighted by Crippen LogP contribution is 2.18. The van der Waals surface area contributed by atoms with Crippen molar-refractivity contribution in [3.8, 4) is 0 Å². The third kappa shape index (κ3) is 1.82. The average Bonchev–Trinajstić information content (AvgIpc) is 2.66. The number of rotatable bonds is 2. The molecule has 0 aliphatic carbocycles. The summed E-state index contributed by atoms with van der Waals surface area (Å²) < 4.78 is 18.0. The van der Waals surface area contributed by atoms with Crippen LogP contribution in [0.2, 0.25) is 0 Å². The van der Waals surface area contributed by atoms with Crippen molar-refractivity contribution in [3.63, 3.8) is 0 Å². The molecule has 4 nitrogen and oxygen atoms in total. The van der Waals surface area contributed by atoms with Gasteiger partial charge >= 0.3 is 0 Å². The SMILES string of the molecule is COC1CCN(c2cc(F)ncn2)C1. The largest absolute Gasteiger partial charge is 0.380 e. The first-order chi connectivity index (χ1) is 6.79. The van der Waals surface area contributed by atoms with E-state index in [9.17, 15) is 4.39 Å². The summed E-state index contributed by atoms with van der Waals surface area (Å²) in [5, 5.41) is 0. The zero-order chi connectivity index (χ0) is 9.97. The summed E-state index contributed by atoms with van der Waals surface area (Å²) in [7, 11) is 1.69. The van der Waals surface area contributed by atoms with Crippen LogP contribution >= 0.6 is 0 Å². The van der Waals surface area contributed by atoms with E-state index in [1.54, 1.807) is 7.11 Å². The number of ether oxygens (including phenoxy) is 1. The van der Waals surface area contributed by atoms with E-state index in [1.807, 2.05) is 4.90 Å². The number of aromatic nitrogens is 2. The van der Waals surface area contributed by atoms with Gasteiger partial charge in [0.05, 0.1) is 6.10 Å². The van der Waals surface area contributed by atoms with Gasteiger partial charge in [0.2, 0.25) is 5.95 Å². The van der Waals surface area contributed by atoms with Crippen molar-refractivity contribution in [3.05, 3.63) is 18.3 Å². The van der Waals surface area contributed by atoms with Crippen LogP contribution in [0.4, 0.5) is 10.2 Å². The predicted octanol–water partition coefficient (Wildman–Crippen LogP) is 0.841. The highest BCUT2D eigenvalue weighted by atomic mass is 19.1. The van der Waals surface area contributed by atoms with E-state index in [-0.39, 0.29) is 6.10 Å². The van der Waals surface area contributed by atoms with Crippen LogP contribution in [-0.2, 0) is 4.74 Å². The van der Waals surface area contributed by atoms with E-state index in [0.29, 0.717) is 5.82 Å². The smallest absolute Gasteiger partial charge is 0.218 e. The molecule has 1 aliphatic heterocycles. The lowest BCUT2D eigenvalue weighted by atomic mass is 10.3. The molecule has 1 atom stereocenters. The Morgan fingerprint density at radius 1 is 1.57 bits per heavy atom. The Hall–Kier alpha value is -1.23. The van der Waals surface area contributed by atoms with Crippen LogP contribution in [-0.4, -0.2) is 36.3 Å². The van der Waals surface area contributed by atoms with Crippen molar-refractivity contribution in [2.75, 3.05) is 25.1 Å². The lowest BCUT2D eigenvalue weighted by Gasteiger charge is -2.16. The molecule has 0 saturated carbocycles. The van der Waals surface area contributed by atoms with Gasteiger partial charge in [-0.05, 0) is 6.42 Å². The molecule has 0 amide bonds. The van der Waals surface area contributed by atoms with Crippen molar-refractivity contribution < 1.29 is 9.13 Å². The first-order valence-corrected chi connectivity index (χ1v) is 4.55. The van der Waals surface area contributed by atoms with Crippen LogP contribution in [0.1, 0.15) is 6.42 Å². The zero-order valence-corrected chi connectivity index (χ0v) is 7.98. The molecule has 1 aliphatic rings. The fourth-order valence-electron chi connectivity index (χ4n) is 1.63. The van der Waals surface area contributed by atoms with Gasteiger partial charge in [-0.1, -0.05) is 0 Å². The molecule has 0 spiro atoms. The van der Waals surface area contributed by atoms with Crippen LogP contribution in [0.15, 0.2) is 12.4 Å². The van der Waals surface area contributed by atoms with Crippen molar-refractivity contribution in [1.29, 1.82) is 0 Å². The van der Waals surface area contributed by atoms with Gasteiger partial charge in [-0.25, -0.2) is 9.97 Å². The highest BCUT2D eigenvalue weighted by Gasteiger charge is 2.23. The maximum absolute atomic E-state index is 12.8. The third-order valence-electron chi connectivity index (χ3n) is 2.42. The van der Waals surface area contributed by atoms with E-state index in [1.165, 1.54) is 12.4 Å². The molecule has 1 saturated heterocycles. The van der Waals surface area contributed by atoms with Crippen molar-refractivity contribution in [1.82, 2.24) is 9.97 Å². The van der Waals surface area contributed by atoms with Crippen LogP contribution < -0.4 is 4.90 Å². The number of nitrogens with zero attached hydrogens (tertiary/aromatic N) is 3. The number of halogens is 1.